The SMILES string of the molecule is Cc1ccc(NC(=O)C(C)Sc2ccc(NC(=O)/C(=C/c3c(Cl)cccc3Cl)NC(=O)c3ccccc3)cc2)c(C)c1. The third kappa shape index (κ3) is 8.26. The Labute approximate surface area is 259 Å². The summed E-state index contributed by atoms with van der Waals surface area (Å²) in [6.07, 6.45) is 1.45. The zero-order chi connectivity index (χ0) is 30.2. The summed E-state index contributed by atoms with van der Waals surface area (Å²) in [5.74, 6) is -1.12. The minimum atomic E-state index is -0.558. The minimum absolute atomic E-state index is 0.0333. The maximum Gasteiger partial charge on any atom is 0.272 e. The smallest absolute Gasteiger partial charge is 0.272 e. The van der Waals surface area contributed by atoms with Crippen molar-refractivity contribution in [2.45, 2.75) is 30.9 Å². The minimum Gasteiger partial charge on any atom is -0.325 e. The Morgan fingerprint density at radius 1 is 0.810 bits per heavy atom. The molecular weight excluding hydrogens is 589 g/mol. The second-order valence-electron chi connectivity index (χ2n) is 9.56. The number of thioether (sulfide) groups is 1. The van der Waals surface area contributed by atoms with Crippen molar-refractivity contribution in [1.82, 2.24) is 5.32 Å². The molecule has 1 atom stereocenters. The summed E-state index contributed by atoms with van der Waals surface area (Å²) in [6.45, 7) is 5.81. The van der Waals surface area contributed by atoms with Gasteiger partial charge in [0.05, 0.1) is 5.25 Å². The van der Waals surface area contributed by atoms with E-state index < -0.39 is 11.8 Å². The number of hydrogen-bond acceptors (Lipinski definition) is 4. The molecule has 0 radical (unpaired) electrons. The van der Waals surface area contributed by atoms with Crippen molar-refractivity contribution in [3.05, 3.63) is 129 Å². The normalized spacial score (nSPS) is 11.9. The van der Waals surface area contributed by atoms with Gasteiger partial charge in [0.2, 0.25) is 5.91 Å². The van der Waals surface area contributed by atoms with Crippen molar-refractivity contribution in [2.75, 3.05) is 10.6 Å². The standard InChI is InChI=1S/C33H29Cl2N3O3S/c1-20-12-17-29(21(2)18-20)37-31(39)22(3)42-25-15-13-24(14-16-25)36-33(41)30(19-26-27(34)10-7-11-28(26)35)38-32(40)23-8-5-4-6-9-23/h4-19,22H,1-3H3,(H,36,41)(H,37,39)(H,38,40)/b30-19-. The molecule has 0 aliphatic rings. The molecule has 6 nitrogen and oxygen atoms in total. The highest BCUT2D eigenvalue weighted by atomic mass is 35.5. The molecule has 4 aromatic rings. The van der Waals surface area contributed by atoms with Crippen LogP contribution in [0.2, 0.25) is 10.0 Å². The van der Waals surface area contributed by atoms with Gasteiger partial charge in [0.15, 0.2) is 0 Å². The van der Waals surface area contributed by atoms with E-state index in [1.165, 1.54) is 17.8 Å². The van der Waals surface area contributed by atoms with E-state index in [1.807, 2.05) is 51.1 Å². The van der Waals surface area contributed by atoms with Gasteiger partial charge in [-0.15, -0.1) is 11.8 Å². The summed E-state index contributed by atoms with van der Waals surface area (Å²) in [5, 5.41) is 8.78. The van der Waals surface area contributed by atoms with Crippen LogP contribution in [0.1, 0.15) is 34.0 Å². The average Bonchev–Trinajstić information content (AvgIpc) is 2.97. The second-order valence-corrected chi connectivity index (χ2v) is 11.8. The average molecular weight is 619 g/mol. The number of benzene rings is 4. The zero-order valence-electron chi connectivity index (χ0n) is 23.2. The number of carbonyl (C=O) groups is 3. The summed E-state index contributed by atoms with van der Waals surface area (Å²) in [5.41, 5.74) is 4.19. The summed E-state index contributed by atoms with van der Waals surface area (Å²) in [7, 11) is 0. The fourth-order valence-electron chi connectivity index (χ4n) is 4.00. The van der Waals surface area contributed by atoms with Crippen molar-refractivity contribution in [2.24, 2.45) is 0 Å². The largest absolute Gasteiger partial charge is 0.325 e. The number of nitrogens with one attached hydrogen (secondary N) is 3. The van der Waals surface area contributed by atoms with Crippen LogP contribution in [0.4, 0.5) is 11.4 Å². The van der Waals surface area contributed by atoms with Crippen LogP contribution < -0.4 is 16.0 Å². The van der Waals surface area contributed by atoms with Gasteiger partial charge in [-0.05, 0) is 87.0 Å². The summed E-state index contributed by atoms with van der Waals surface area (Å²) in [6, 6.07) is 26.5. The van der Waals surface area contributed by atoms with E-state index in [1.54, 1.807) is 60.7 Å². The first kappa shape index (κ1) is 30.9. The first-order valence-electron chi connectivity index (χ1n) is 13.1. The number of rotatable bonds is 9. The summed E-state index contributed by atoms with van der Waals surface area (Å²) >= 11 is 14.1. The van der Waals surface area contributed by atoms with Crippen LogP contribution in [-0.4, -0.2) is 23.0 Å². The van der Waals surface area contributed by atoms with Crippen LogP contribution >= 0.6 is 35.0 Å². The lowest BCUT2D eigenvalue weighted by atomic mass is 10.1. The highest BCUT2D eigenvalue weighted by molar-refractivity contribution is 8.00. The molecule has 0 spiro atoms. The van der Waals surface area contributed by atoms with Crippen molar-refractivity contribution in [1.29, 1.82) is 0 Å². The van der Waals surface area contributed by atoms with Crippen LogP contribution in [0.25, 0.3) is 6.08 Å². The van der Waals surface area contributed by atoms with Gasteiger partial charge in [-0.1, -0.05) is 65.2 Å². The Bertz CT molecular complexity index is 1620. The molecule has 1 unspecified atom stereocenters. The van der Waals surface area contributed by atoms with Crippen molar-refractivity contribution in [3.8, 4) is 0 Å². The molecule has 214 valence electrons. The van der Waals surface area contributed by atoms with E-state index in [4.69, 9.17) is 23.2 Å². The van der Waals surface area contributed by atoms with Gasteiger partial charge in [-0.3, -0.25) is 14.4 Å². The number of hydrogen-bond donors (Lipinski definition) is 3. The molecule has 0 heterocycles. The fraction of sp³-hybridized carbons (Fsp3) is 0.121. The Kier molecular flexibility index (Phi) is 10.5. The van der Waals surface area contributed by atoms with Gasteiger partial charge < -0.3 is 16.0 Å². The van der Waals surface area contributed by atoms with Crippen LogP contribution in [0.5, 0.6) is 0 Å². The van der Waals surface area contributed by atoms with E-state index >= 15 is 0 Å². The van der Waals surface area contributed by atoms with Crippen molar-refractivity contribution >= 4 is 70.1 Å². The molecular formula is C33H29Cl2N3O3S. The molecule has 4 aromatic carbocycles. The number of carbonyl (C=O) groups excluding carboxylic acids is 3. The molecule has 0 aromatic heterocycles. The molecule has 42 heavy (non-hydrogen) atoms. The molecule has 0 aliphatic carbocycles. The quantitative estimate of drug-likeness (QED) is 0.131. The van der Waals surface area contributed by atoms with Crippen LogP contribution in [-0.2, 0) is 9.59 Å². The predicted octanol–water partition coefficient (Wildman–Crippen LogP) is 8.14. The molecule has 9 heteroatoms. The van der Waals surface area contributed by atoms with E-state index in [2.05, 4.69) is 16.0 Å². The maximum absolute atomic E-state index is 13.3. The van der Waals surface area contributed by atoms with Gasteiger partial charge in [-0.2, -0.15) is 0 Å². The fourth-order valence-corrected chi connectivity index (χ4v) is 5.37. The predicted molar refractivity (Wildman–Crippen MR) is 173 cm³/mol. The summed E-state index contributed by atoms with van der Waals surface area (Å²) < 4.78 is 0. The van der Waals surface area contributed by atoms with E-state index in [0.717, 1.165) is 21.7 Å². The van der Waals surface area contributed by atoms with E-state index in [0.29, 0.717) is 26.9 Å². The molecule has 4 rings (SSSR count). The van der Waals surface area contributed by atoms with Crippen molar-refractivity contribution < 1.29 is 14.4 Å². The van der Waals surface area contributed by atoms with Gasteiger partial charge in [0.1, 0.15) is 5.70 Å². The van der Waals surface area contributed by atoms with Gasteiger partial charge in [0.25, 0.3) is 11.8 Å². The van der Waals surface area contributed by atoms with Gasteiger partial charge in [0, 0.05) is 37.4 Å². The molecule has 0 bridgehead atoms. The first-order chi connectivity index (χ1) is 20.1. The first-order valence-corrected chi connectivity index (χ1v) is 14.7. The van der Waals surface area contributed by atoms with Gasteiger partial charge >= 0.3 is 0 Å². The molecule has 3 amide bonds. The lowest BCUT2D eigenvalue weighted by Gasteiger charge is -2.15. The highest BCUT2D eigenvalue weighted by Gasteiger charge is 2.18. The van der Waals surface area contributed by atoms with E-state index in [-0.39, 0.29) is 16.9 Å². The topological polar surface area (TPSA) is 87.3 Å². The Balaban J connectivity index is 1.46. The van der Waals surface area contributed by atoms with Crippen molar-refractivity contribution in [3.63, 3.8) is 0 Å². The Hall–Kier alpha value is -4.04. The Morgan fingerprint density at radius 3 is 2.12 bits per heavy atom. The number of aryl methyl sites for hydroxylation is 2. The monoisotopic (exact) mass is 617 g/mol. The van der Waals surface area contributed by atoms with Crippen LogP contribution in [0.15, 0.2) is 102 Å². The molecule has 3 N–H and O–H groups in total. The molecule has 0 fully saturated rings. The third-order valence-electron chi connectivity index (χ3n) is 6.25. The molecule has 0 aliphatic heterocycles. The number of halogens is 2. The van der Waals surface area contributed by atoms with Crippen LogP contribution in [0, 0.1) is 13.8 Å². The van der Waals surface area contributed by atoms with E-state index in [9.17, 15) is 14.4 Å². The van der Waals surface area contributed by atoms with Gasteiger partial charge in [-0.25, -0.2) is 0 Å². The molecule has 0 saturated carbocycles. The van der Waals surface area contributed by atoms with Crippen LogP contribution in [0.3, 0.4) is 0 Å². The number of amides is 3. The third-order valence-corrected chi connectivity index (χ3v) is 8.02. The lowest BCUT2D eigenvalue weighted by molar-refractivity contribution is -0.115. The number of anilines is 2. The summed E-state index contributed by atoms with van der Waals surface area (Å²) in [4.78, 5) is 39.9. The second kappa shape index (κ2) is 14.2. The maximum atomic E-state index is 13.3. The Morgan fingerprint density at radius 2 is 1.48 bits per heavy atom. The highest BCUT2D eigenvalue weighted by Crippen LogP contribution is 2.28. The molecule has 0 saturated heterocycles. The lowest BCUT2D eigenvalue weighted by Crippen LogP contribution is -2.30. The zero-order valence-corrected chi connectivity index (χ0v) is 25.5.